The lowest BCUT2D eigenvalue weighted by Crippen LogP contribution is -2.15. The molecule has 0 bridgehead atoms. The van der Waals surface area contributed by atoms with Gasteiger partial charge >= 0.3 is 0 Å². The van der Waals surface area contributed by atoms with Gasteiger partial charge in [-0.15, -0.1) is 0 Å². The van der Waals surface area contributed by atoms with Crippen molar-refractivity contribution >= 4 is 0 Å². The van der Waals surface area contributed by atoms with Crippen LogP contribution in [-0.2, 0) is 6.42 Å². The van der Waals surface area contributed by atoms with E-state index in [-0.39, 0.29) is 0 Å². The van der Waals surface area contributed by atoms with Gasteiger partial charge in [-0.3, -0.25) is 0 Å². The van der Waals surface area contributed by atoms with E-state index < -0.39 is 0 Å². The average molecular weight is 497 g/mol. The first-order valence-electron chi connectivity index (χ1n) is 16.5. The Labute approximate surface area is 225 Å². The van der Waals surface area contributed by atoms with Gasteiger partial charge in [0.1, 0.15) is 5.75 Å². The van der Waals surface area contributed by atoms with Gasteiger partial charge in [0.2, 0.25) is 0 Å². The van der Waals surface area contributed by atoms with Crippen LogP contribution >= 0.6 is 0 Å². The molecule has 3 rings (SSSR count). The zero-order valence-electron chi connectivity index (χ0n) is 24.3. The van der Waals surface area contributed by atoms with Gasteiger partial charge in [0.25, 0.3) is 0 Å². The third-order valence-corrected chi connectivity index (χ3v) is 9.64. The monoisotopic (exact) mass is 496 g/mol. The minimum atomic E-state index is 0.886. The van der Waals surface area contributed by atoms with Crippen molar-refractivity contribution in [2.75, 3.05) is 6.61 Å². The van der Waals surface area contributed by atoms with Crippen LogP contribution in [-0.4, -0.2) is 6.61 Å². The molecule has 1 heteroatoms. The number of ether oxygens (including phenoxy) is 1. The summed E-state index contributed by atoms with van der Waals surface area (Å²) in [5.74, 6) is 5.12. The van der Waals surface area contributed by atoms with Crippen LogP contribution in [0.15, 0.2) is 24.3 Å². The molecule has 0 spiro atoms. The molecule has 0 unspecified atom stereocenters. The van der Waals surface area contributed by atoms with E-state index in [0.29, 0.717) is 0 Å². The first kappa shape index (κ1) is 29.6. The van der Waals surface area contributed by atoms with Gasteiger partial charge in [-0.2, -0.15) is 0 Å². The van der Waals surface area contributed by atoms with Crippen molar-refractivity contribution in [2.45, 2.75) is 155 Å². The van der Waals surface area contributed by atoms with Gasteiger partial charge in [-0.25, -0.2) is 0 Å². The summed E-state index contributed by atoms with van der Waals surface area (Å²) < 4.78 is 6.08. The fourth-order valence-electron chi connectivity index (χ4n) is 7.06. The highest BCUT2D eigenvalue weighted by atomic mass is 16.5. The van der Waals surface area contributed by atoms with Crippen molar-refractivity contribution < 1.29 is 4.74 Å². The Bertz CT molecular complexity index is 576. The van der Waals surface area contributed by atoms with E-state index in [0.717, 1.165) is 36.0 Å². The quantitative estimate of drug-likeness (QED) is 0.184. The SMILES string of the molecule is CCCCC[C@H]1CC[C@H](CCCCc2ccc(OCCC[C@H]3CC[C@H](CCCCC)CC3)cc2)CC1. The highest BCUT2D eigenvalue weighted by Gasteiger charge is 2.21. The summed E-state index contributed by atoms with van der Waals surface area (Å²) >= 11 is 0. The lowest BCUT2D eigenvalue weighted by Gasteiger charge is -2.28. The fourth-order valence-corrected chi connectivity index (χ4v) is 7.06. The maximum Gasteiger partial charge on any atom is 0.119 e. The molecule has 0 heterocycles. The van der Waals surface area contributed by atoms with Gasteiger partial charge in [-0.1, -0.05) is 142 Å². The summed E-state index contributed by atoms with van der Waals surface area (Å²) in [5, 5.41) is 0. The van der Waals surface area contributed by atoms with E-state index in [1.54, 1.807) is 0 Å². The van der Waals surface area contributed by atoms with Crippen LogP contribution < -0.4 is 4.74 Å². The van der Waals surface area contributed by atoms with E-state index in [1.807, 2.05) is 0 Å². The van der Waals surface area contributed by atoms with Crippen LogP contribution in [0, 0.1) is 23.7 Å². The Morgan fingerprint density at radius 3 is 1.39 bits per heavy atom. The lowest BCUT2D eigenvalue weighted by atomic mass is 9.78. The summed E-state index contributed by atoms with van der Waals surface area (Å²) in [5.41, 5.74) is 1.48. The second-order valence-corrected chi connectivity index (χ2v) is 12.6. The lowest BCUT2D eigenvalue weighted by molar-refractivity contribution is 0.228. The largest absolute Gasteiger partial charge is 0.494 e. The first-order chi connectivity index (χ1) is 17.8. The Morgan fingerprint density at radius 1 is 0.528 bits per heavy atom. The number of hydrogen-bond acceptors (Lipinski definition) is 1. The van der Waals surface area contributed by atoms with Crippen molar-refractivity contribution in [1.29, 1.82) is 0 Å². The first-order valence-corrected chi connectivity index (χ1v) is 16.5. The molecule has 36 heavy (non-hydrogen) atoms. The zero-order chi connectivity index (χ0) is 25.3. The van der Waals surface area contributed by atoms with Crippen molar-refractivity contribution in [2.24, 2.45) is 23.7 Å². The molecule has 0 aromatic heterocycles. The molecule has 2 aliphatic carbocycles. The van der Waals surface area contributed by atoms with E-state index in [4.69, 9.17) is 4.74 Å². The van der Waals surface area contributed by atoms with Crippen LogP contribution in [0.1, 0.15) is 154 Å². The number of aryl methyl sites for hydroxylation is 1. The summed E-state index contributed by atoms with van der Waals surface area (Å²) in [6, 6.07) is 9.01. The molecule has 0 aliphatic heterocycles. The van der Waals surface area contributed by atoms with Crippen LogP contribution in [0.4, 0.5) is 0 Å². The Hall–Kier alpha value is -0.980. The summed E-state index contributed by atoms with van der Waals surface area (Å²) in [6.07, 6.45) is 31.4. The molecule has 1 aromatic rings. The normalized spacial score (nSPS) is 24.6. The molecule has 0 N–H and O–H groups in total. The van der Waals surface area contributed by atoms with Gasteiger partial charge in [0.05, 0.1) is 6.61 Å². The second kappa shape index (κ2) is 18.3. The maximum atomic E-state index is 6.08. The molecule has 1 aromatic carbocycles. The predicted octanol–water partition coefficient (Wildman–Crippen LogP) is 11.3. The summed E-state index contributed by atoms with van der Waals surface area (Å²) in [4.78, 5) is 0. The molecule has 0 amide bonds. The molecule has 2 aliphatic rings. The van der Waals surface area contributed by atoms with E-state index in [2.05, 4.69) is 38.1 Å². The third-order valence-electron chi connectivity index (χ3n) is 9.64. The summed E-state index contributed by atoms with van der Waals surface area (Å²) in [6.45, 7) is 5.52. The molecule has 0 saturated heterocycles. The number of hydrogen-bond donors (Lipinski definition) is 0. The molecule has 0 radical (unpaired) electrons. The molecule has 1 nitrogen and oxygen atoms in total. The number of benzene rings is 1. The minimum absolute atomic E-state index is 0.886. The van der Waals surface area contributed by atoms with Crippen molar-refractivity contribution in [3.05, 3.63) is 29.8 Å². The molecule has 0 atom stereocenters. The number of unbranched alkanes of at least 4 members (excludes halogenated alkanes) is 5. The Balaban J connectivity index is 1.17. The highest BCUT2D eigenvalue weighted by molar-refractivity contribution is 5.27. The second-order valence-electron chi connectivity index (χ2n) is 12.6. The predicted molar refractivity (Wildman–Crippen MR) is 158 cm³/mol. The van der Waals surface area contributed by atoms with Crippen molar-refractivity contribution in [1.82, 2.24) is 0 Å². The standard InChI is InChI=1S/C35H60O/c1-3-5-7-12-30-17-19-32(20-18-30)14-9-10-15-33-25-27-35(28-26-33)36-29-11-16-34-23-21-31(22-24-34)13-8-6-4-2/h25-28,30-32,34H,3-24,29H2,1-2H3/t30-,31-,32-,34-. The molecule has 2 fully saturated rings. The number of rotatable bonds is 18. The topological polar surface area (TPSA) is 9.23 Å². The van der Waals surface area contributed by atoms with E-state index in [9.17, 15) is 0 Å². The zero-order valence-corrected chi connectivity index (χ0v) is 24.3. The Kier molecular flexibility index (Phi) is 15.0. The maximum absolute atomic E-state index is 6.08. The van der Waals surface area contributed by atoms with Crippen LogP contribution in [0.3, 0.4) is 0 Å². The molecular weight excluding hydrogens is 436 g/mol. The van der Waals surface area contributed by atoms with Crippen molar-refractivity contribution in [3.63, 3.8) is 0 Å². The minimum Gasteiger partial charge on any atom is -0.494 e. The van der Waals surface area contributed by atoms with E-state index >= 15 is 0 Å². The smallest absolute Gasteiger partial charge is 0.119 e. The van der Waals surface area contributed by atoms with E-state index in [1.165, 1.54) is 147 Å². The third kappa shape index (κ3) is 12.0. The van der Waals surface area contributed by atoms with Crippen molar-refractivity contribution in [3.8, 4) is 5.75 Å². The van der Waals surface area contributed by atoms with Crippen LogP contribution in [0.5, 0.6) is 5.75 Å². The van der Waals surface area contributed by atoms with Gasteiger partial charge < -0.3 is 4.74 Å². The molecule has 206 valence electrons. The van der Waals surface area contributed by atoms with Crippen LogP contribution in [0.25, 0.3) is 0 Å². The van der Waals surface area contributed by atoms with Crippen LogP contribution in [0.2, 0.25) is 0 Å². The highest BCUT2D eigenvalue weighted by Crippen LogP contribution is 2.35. The average Bonchev–Trinajstić information content (AvgIpc) is 2.92. The fraction of sp³-hybridized carbons (Fsp3) is 0.829. The molecular formula is C35H60O. The van der Waals surface area contributed by atoms with Gasteiger partial charge in [0.15, 0.2) is 0 Å². The van der Waals surface area contributed by atoms with Gasteiger partial charge in [-0.05, 0) is 67.1 Å². The molecule has 2 saturated carbocycles. The Morgan fingerprint density at radius 2 is 0.944 bits per heavy atom. The summed E-state index contributed by atoms with van der Waals surface area (Å²) in [7, 11) is 0. The van der Waals surface area contributed by atoms with Gasteiger partial charge in [0, 0.05) is 0 Å².